The fourth-order valence-corrected chi connectivity index (χ4v) is 2.61. The molecule has 2 heterocycles. The van der Waals surface area contributed by atoms with Crippen LogP contribution in [0.5, 0.6) is 0 Å². The zero-order chi connectivity index (χ0) is 10.8. The van der Waals surface area contributed by atoms with Crippen LogP contribution in [0.3, 0.4) is 0 Å². The number of fused-ring (bicyclic) bond motifs is 1. The molecule has 0 spiro atoms. The van der Waals surface area contributed by atoms with Crippen LogP contribution in [0.25, 0.3) is 0 Å². The first kappa shape index (κ1) is 10.2. The van der Waals surface area contributed by atoms with Crippen molar-refractivity contribution in [2.45, 2.75) is 17.4 Å². The number of hydrogen-bond donors (Lipinski definition) is 1. The molecule has 1 aromatic rings. The van der Waals surface area contributed by atoms with Crippen LogP contribution in [-0.4, -0.2) is 28.3 Å². The second-order valence-electron chi connectivity index (χ2n) is 3.23. The second-order valence-corrected chi connectivity index (χ2v) is 4.42. The van der Waals surface area contributed by atoms with Crippen LogP contribution in [0.4, 0.5) is 5.95 Å². The lowest BCUT2D eigenvalue weighted by atomic mass is 10.1. The summed E-state index contributed by atoms with van der Waals surface area (Å²) in [5.41, 5.74) is 7.39. The molecule has 5 nitrogen and oxygen atoms in total. The number of nitrogens with two attached hydrogens (primary N) is 1. The van der Waals surface area contributed by atoms with Gasteiger partial charge in [-0.25, -0.2) is 9.97 Å². The van der Waals surface area contributed by atoms with Crippen LogP contribution >= 0.6 is 11.8 Å². The molecule has 0 radical (unpaired) electrons. The zero-order valence-electron chi connectivity index (χ0n) is 8.27. The fraction of sp³-hybridized carbons (Fsp3) is 0.444. The highest BCUT2D eigenvalue weighted by Gasteiger charge is 2.26. The molecule has 2 N–H and O–H groups in total. The van der Waals surface area contributed by atoms with Crippen molar-refractivity contribution in [3.63, 3.8) is 0 Å². The third kappa shape index (κ3) is 2.04. The summed E-state index contributed by atoms with van der Waals surface area (Å²) >= 11 is 1.53. The summed E-state index contributed by atoms with van der Waals surface area (Å²) < 4.78 is 4.70. The lowest BCUT2D eigenvalue weighted by Crippen LogP contribution is -2.25. The quantitative estimate of drug-likeness (QED) is 0.696. The van der Waals surface area contributed by atoms with Crippen molar-refractivity contribution in [2.75, 3.05) is 12.8 Å². The van der Waals surface area contributed by atoms with Crippen LogP contribution in [0.1, 0.15) is 11.3 Å². The van der Waals surface area contributed by atoms with Gasteiger partial charge in [0, 0.05) is 11.9 Å². The Labute approximate surface area is 91.4 Å². The first-order valence-corrected chi connectivity index (χ1v) is 5.55. The maximum absolute atomic E-state index is 11.3. The van der Waals surface area contributed by atoms with E-state index in [-0.39, 0.29) is 17.2 Å². The highest BCUT2D eigenvalue weighted by molar-refractivity contribution is 7.99. The number of rotatable bonds is 1. The van der Waals surface area contributed by atoms with Gasteiger partial charge >= 0.3 is 5.97 Å². The van der Waals surface area contributed by atoms with E-state index in [0.717, 1.165) is 11.3 Å². The van der Waals surface area contributed by atoms with Crippen molar-refractivity contribution >= 4 is 23.7 Å². The molecule has 0 amide bonds. The van der Waals surface area contributed by atoms with Crippen LogP contribution < -0.4 is 5.73 Å². The van der Waals surface area contributed by atoms with E-state index in [1.165, 1.54) is 18.9 Å². The Bertz CT molecular complexity index is 397. The van der Waals surface area contributed by atoms with Crippen molar-refractivity contribution in [3.8, 4) is 0 Å². The number of nitrogen functional groups attached to an aromatic ring is 1. The summed E-state index contributed by atoms with van der Waals surface area (Å²) in [5, 5.41) is -0.144. The number of carbonyl (C=O) groups excluding carboxylic acids is 1. The maximum Gasteiger partial charge on any atom is 0.319 e. The normalized spacial score (nSPS) is 19.4. The topological polar surface area (TPSA) is 78.1 Å². The van der Waals surface area contributed by atoms with Gasteiger partial charge in [-0.1, -0.05) is 0 Å². The minimum Gasteiger partial charge on any atom is -0.468 e. The Morgan fingerprint density at radius 3 is 3.27 bits per heavy atom. The molecule has 0 saturated heterocycles. The summed E-state index contributed by atoms with van der Waals surface area (Å²) in [6.07, 6.45) is 2.31. The Morgan fingerprint density at radius 1 is 1.73 bits per heavy atom. The molecule has 0 saturated carbocycles. The van der Waals surface area contributed by atoms with Crippen LogP contribution in [0.15, 0.2) is 6.20 Å². The highest BCUT2D eigenvalue weighted by Crippen LogP contribution is 2.29. The largest absolute Gasteiger partial charge is 0.468 e. The van der Waals surface area contributed by atoms with E-state index in [4.69, 9.17) is 10.5 Å². The van der Waals surface area contributed by atoms with Crippen LogP contribution in [-0.2, 0) is 21.7 Å². The molecule has 15 heavy (non-hydrogen) atoms. The number of nitrogens with zero attached hydrogens (tertiary/aromatic N) is 2. The molecular formula is C9H11N3O2S. The van der Waals surface area contributed by atoms with Gasteiger partial charge in [-0.2, -0.15) is 0 Å². The van der Waals surface area contributed by atoms with Gasteiger partial charge < -0.3 is 10.5 Å². The molecule has 0 aliphatic carbocycles. The molecule has 0 bridgehead atoms. The number of hydrogen-bond acceptors (Lipinski definition) is 6. The minimum absolute atomic E-state index is 0.144. The van der Waals surface area contributed by atoms with E-state index in [2.05, 4.69) is 9.97 Å². The molecule has 0 aromatic carbocycles. The number of anilines is 1. The molecule has 1 atom stereocenters. The average Bonchev–Trinajstić information content (AvgIpc) is 2.27. The highest BCUT2D eigenvalue weighted by atomic mass is 32.2. The first-order chi connectivity index (χ1) is 7.20. The lowest BCUT2D eigenvalue weighted by molar-refractivity contribution is -0.139. The number of carbonyl (C=O) groups is 1. The molecule has 0 fully saturated rings. The van der Waals surface area contributed by atoms with Gasteiger partial charge in [0.25, 0.3) is 0 Å². The summed E-state index contributed by atoms with van der Waals surface area (Å²) in [6, 6.07) is 0. The molecule has 1 aliphatic rings. The first-order valence-electron chi connectivity index (χ1n) is 4.50. The lowest BCUT2D eigenvalue weighted by Gasteiger charge is -2.20. The summed E-state index contributed by atoms with van der Waals surface area (Å²) in [5.74, 6) is 0.773. The number of aromatic nitrogens is 2. The van der Waals surface area contributed by atoms with Gasteiger partial charge in [0.05, 0.1) is 12.8 Å². The zero-order valence-corrected chi connectivity index (χ0v) is 9.08. The molecule has 2 rings (SSSR count). The Kier molecular flexibility index (Phi) is 2.77. The van der Waals surface area contributed by atoms with Crippen molar-refractivity contribution in [1.82, 2.24) is 9.97 Å². The van der Waals surface area contributed by atoms with Gasteiger partial charge in [0.2, 0.25) is 5.95 Å². The summed E-state index contributed by atoms with van der Waals surface area (Å²) in [7, 11) is 1.40. The van der Waals surface area contributed by atoms with Crippen molar-refractivity contribution in [3.05, 3.63) is 17.5 Å². The van der Waals surface area contributed by atoms with Gasteiger partial charge in [0.15, 0.2) is 0 Å². The van der Waals surface area contributed by atoms with E-state index < -0.39 is 0 Å². The van der Waals surface area contributed by atoms with E-state index in [1.54, 1.807) is 6.20 Å². The van der Waals surface area contributed by atoms with Crippen molar-refractivity contribution < 1.29 is 9.53 Å². The molecule has 1 aliphatic heterocycles. The van der Waals surface area contributed by atoms with Gasteiger partial charge in [-0.05, 0) is 12.0 Å². The Balaban J connectivity index is 2.20. The number of ether oxygens (including phenoxy) is 1. The molecule has 0 unspecified atom stereocenters. The Hall–Kier alpha value is -1.30. The minimum atomic E-state index is -0.192. The maximum atomic E-state index is 11.3. The summed E-state index contributed by atoms with van der Waals surface area (Å²) in [6.45, 7) is 0. The number of thioether (sulfide) groups is 1. The van der Waals surface area contributed by atoms with Crippen molar-refractivity contribution in [2.24, 2.45) is 0 Å². The standard InChI is InChI=1S/C9H11N3O2S/c1-14-8(13)7-2-5-3-11-9(10)12-6(5)4-15-7/h3,7H,2,4H2,1H3,(H2,10,11,12)/t7-/m1/s1. The predicted molar refractivity (Wildman–Crippen MR) is 57.2 cm³/mol. The average molecular weight is 225 g/mol. The monoisotopic (exact) mass is 225 g/mol. The predicted octanol–water partition coefficient (Wildman–Crippen LogP) is 0.390. The van der Waals surface area contributed by atoms with Gasteiger partial charge in [-0.15, -0.1) is 11.8 Å². The third-order valence-corrected chi connectivity index (χ3v) is 3.47. The van der Waals surface area contributed by atoms with Crippen molar-refractivity contribution in [1.29, 1.82) is 0 Å². The summed E-state index contributed by atoms with van der Waals surface area (Å²) in [4.78, 5) is 19.4. The fourth-order valence-electron chi connectivity index (χ4n) is 1.47. The number of esters is 1. The smallest absolute Gasteiger partial charge is 0.319 e. The van der Waals surface area contributed by atoms with Crippen LogP contribution in [0.2, 0.25) is 0 Å². The van der Waals surface area contributed by atoms with E-state index in [9.17, 15) is 4.79 Å². The molecular weight excluding hydrogens is 214 g/mol. The van der Waals surface area contributed by atoms with E-state index in [0.29, 0.717) is 12.2 Å². The van der Waals surface area contributed by atoms with E-state index >= 15 is 0 Å². The van der Waals surface area contributed by atoms with E-state index in [1.807, 2.05) is 0 Å². The molecule has 6 heteroatoms. The number of methoxy groups -OCH3 is 1. The molecule has 1 aromatic heterocycles. The molecule has 80 valence electrons. The van der Waals surface area contributed by atoms with Gasteiger partial charge in [-0.3, -0.25) is 4.79 Å². The van der Waals surface area contributed by atoms with Crippen LogP contribution in [0, 0.1) is 0 Å². The van der Waals surface area contributed by atoms with Gasteiger partial charge in [0.1, 0.15) is 5.25 Å². The Morgan fingerprint density at radius 2 is 2.53 bits per heavy atom. The SMILES string of the molecule is COC(=O)[C@H]1Cc2cnc(N)nc2CS1. The third-order valence-electron chi connectivity index (χ3n) is 2.26. The second kappa shape index (κ2) is 4.06.